The zero-order chi connectivity index (χ0) is 18.6. The Labute approximate surface area is 153 Å². The van der Waals surface area contributed by atoms with E-state index in [0.717, 1.165) is 16.9 Å². The molecule has 26 heavy (non-hydrogen) atoms. The van der Waals surface area contributed by atoms with Crippen LogP contribution in [0.5, 0.6) is 5.75 Å². The molecule has 1 atom stereocenters. The molecule has 0 radical (unpaired) electrons. The molecule has 0 saturated carbocycles. The maximum absolute atomic E-state index is 13.2. The SMILES string of the molecule is COc1ccccc1CN1CCC(CCO)(Cc2ccc(F)cc2)C1=O. The van der Waals surface area contributed by atoms with Crippen molar-refractivity contribution in [3.8, 4) is 5.75 Å². The Bertz CT molecular complexity index is 762. The van der Waals surface area contributed by atoms with Gasteiger partial charge in [0.15, 0.2) is 0 Å². The summed E-state index contributed by atoms with van der Waals surface area (Å²) in [5, 5.41) is 9.54. The number of methoxy groups -OCH3 is 1. The van der Waals surface area contributed by atoms with Crippen molar-refractivity contribution in [3.63, 3.8) is 0 Å². The number of rotatable bonds is 7. The van der Waals surface area contributed by atoms with Crippen LogP contribution in [0.3, 0.4) is 0 Å². The molecule has 1 unspecified atom stereocenters. The van der Waals surface area contributed by atoms with Crippen LogP contribution in [0.15, 0.2) is 48.5 Å². The van der Waals surface area contributed by atoms with Gasteiger partial charge in [-0.1, -0.05) is 30.3 Å². The molecule has 2 aromatic carbocycles. The Kier molecular flexibility index (Phi) is 5.57. The topological polar surface area (TPSA) is 49.8 Å². The summed E-state index contributed by atoms with van der Waals surface area (Å²) in [6.07, 6.45) is 1.60. The minimum absolute atomic E-state index is 0.0433. The van der Waals surface area contributed by atoms with Crippen molar-refractivity contribution >= 4 is 5.91 Å². The molecule has 1 fully saturated rings. The Balaban J connectivity index is 1.80. The van der Waals surface area contributed by atoms with Gasteiger partial charge >= 0.3 is 0 Å². The summed E-state index contributed by atoms with van der Waals surface area (Å²) in [7, 11) is 1.62. The number of nitrogens with zero attached hydrogens (tertiary/aromatic N) is 1. The molecule has 3 rings (SSSR count). The van der Waals surface area contributed by atoms with Gasteiger partial charge in [-0.05, 0) is 43.0 Å². The number of halogens is 1. The van der Waals surface area contributed by atoms with Gasteiger partial charge in [0, 0.05) is 25.3 Å². The third-order valence-corrected chi connectivity index (χ3v) is 5.20. The van der Waals surface area contributed by atoms with Crippen molar-refractivity contribution in [1.82, 2.24) is 4.90 Å². The number of amides is 1. The van der Waals surface area contributed by atoms with E-state index in [-0.39, 0.29) is 18.3 Å². The van der Waals surface area contributed by atoms with Crippen molar-refractivity contribution < 1.29 is 19.0 Å². The quantitative estimate of drug-likeness (QED) is 0.828. The van der Waals surface area contributed by atoms with Crippen LogP contribution in [0.2, 0.25) is 0 Å². The van der Waals surface area contributed by atoms with Crippen molar-refractivity contribution in [2.75, 3.05) is 20.3 Å². The number of aliphatic hydroxyl groups is 1. The second kappa shape index (κ2) is 7.87. The highest BCUT2D eigenvalue weighted by molar-refractivity contribution is 5.85. The highest BCUT2D eigenvalue weighted by Gasteiger charge is 2.46. The van der Waals surface area contributed by atoms with E-state index in [2.05, 4.69) is 0 Å². The van der Waals surface area contributed by atoms with Crippen LogP contribution in [-0.4, -0.2) is 36.2 Å². The van der Waals surface area contributed by atoms with Gasteiger partial charge < -0.3 is 14.7 Å². The van der Waals surface area contributed by atoms with E-state index >= 15 is 0 Å². The van der Waals surface area contributed by atoms with Gasteiger partial charge in [0.25, 0.3) is 0 Å². The Hall–Kier alpha value is -2.40. The lowest BCUT2D eigenvalue weighted by molar-refractivity contribution is -0.137. The molecule has 4 nitrogen and oxygen atoms in total. The summed E-state index contributed by atoms with van der Waals surface area (Å²) in [6, 6.07) is 13.9. The highest BCUT2D eigenvalue weighted by Crippen LogP contribution is 2.39. The predicted molar refractivity (Wildman–Crippen MR) is 97.3 cm³/mol. The first-order valence-corrected chi connectivity index (χ1v) is 8.84. The number of hydrogen-bond acceptors (Lipinski definition) is 3. The summed E-state index contributed by atoms with van der Waals surface area (Å²) < 4.78 is 18.6. The van der Waals surface area contributed by atoms with Gasteiger partial charge in [0.2, 0.25) is 5.91 Å². The molecule has 1 N–H and O–H groups in total. The van der Waals surface area contributed by atoms with Crippen molar-refractivity contribution in [2.45, 2.75) is 25.8 Å². The van der Waals surface area contributed by atoms with Gasteiger partial charge in [-0.2, -0.15) is 0 Å². The van der Waals surface area contributed by atoms with Crippen molar-refractivity contribution in [3.05, 3.63) is 65.5 Å². The second-order valence-electron chi connectivity index (χ2n) is 6.85. The van der Waals surface area contributed by atoms with Crippen molar-refractivity contribution in [2.24, 2.45) is 5.41 Å². The molecule has 0 spiro atoms. The number of hydrogen-bond donors (Lipinski definition) is 1. The number of likely N-dealkylation sites (tertiary alicyclic amines) is 1. The molecule has 0 aliphatic carbocycles. The van der Waals surface area contributed by atoms with Crippen LogP contribution < -0.4 is 4.74 Å². The van der Waals surface area contributed by atoms with E-state index in [1.807, 2.05) is 29.2 Å². The van der Waals surface area contributed by atoms with E-state index in [0.29, 0.717) is 32.4 Å². The predicted octanol–water partition coefficient (Wildman–Crippen LogP) is 3.18. The van der Waals surface area contributed by atoms with Crippen molar-refractivity contribution in [1.29, 1.82) is 0 Å². The van der Waals surface area contributed by atoms with Crippen LogP contribution in [0.1, 0.15) is 24.0 Å². The van der Waals surface area contributed by atoms with Crippen LogP contribution in [-0.2, 0) is 17.8 Å². The number of benzene rings is 2. The van der Waals surface area contributed by atoms with E-state index in [4.69, 9.17) is 4.74 Å². The number of carbonyl (C=O) groups excluding carboxylic acids is 1. The van der Waals surface area contributed by atoms with Crippen LogP contribution in [0, 0.1) is 11.2 Å². The Morgan fingerprint density at radius 3 is 2.62 bits per heavy atom. The lowest BCUT2D eigenvalue weighted by atomic mass is 9.77. The molecule has 0 bridgehead atoms. The van der Waals surface area contributed by atoms with Crippen LogP contribution in [0.4, 0.5) is 4.39 Å². The molecule has 5 heteroatoms. The zero-order valence-corrected chi connectivity index (χ0v) is 15.0. The van der Waals surface area contributed by atoms with E-state index < -0.39 is 5.41 Å². The first-order chi connectivity index (χ1) is 12.6. The average Bonchev–Trinajstić information content (AvgIpc) is 2.94. The molecule has 1 heterocycles. The molecular weight excluding hydrogens is 333 g/mol. The summed E-state index contributed by atoms with van der Waals surface area (Å²) in [6.45, 7) is 1.08. The smallest absolute Gasteiger partial charge is 0.229 e. The fourth-order valence-corrected chi connectivity index (χ4v) is 3.77. The fourth-order valence-electron chi connectivity index (χ4n) is 3.77. The monoisotopic (exact) mass is 357 g/mol. The van der Waals surface area contributed by atoms with Gasteiger partial charge in [-0.15, -0.1) is 0 Å². The number of carbonyl (C=O) groups is 1. The molecule has 1 amide bonds. The lowest BCUT2D eigenvalue weighted by Gasteiger charge is -2.28. The summed E-state index contributed by atoms with van der Waals surface area (Å²) in [5.41, 5.74) is 1.24. The second-order valence-corrected chi connectivity index (χ2v) is 6.85. The van der Waals surface area contributed by atoms with E-state index in [9.17, 15) is 14.3 Å². The number of para-hydroxylation sites is 1. The molecule has 1 saturated heterocycles. The maximum atomic E-state index is 13.2. The fraction of sp³-hybridized carbons (Fsp3) is 0.381. The third kappa shape index (κ3) is 3.73. The van der Waals surface area contributed by atoms with Gasteiger partial charge in [-0.3, -0.25) is 4.79 Å². The van der Waals surface area contributed by atoms with Gasteiger partial charge in [0.05, 0.1) is 12.5 Å². The van der Waals surface area contributed by atoms with Gasteiger partial charge in [-0.25, -0.2) is 4.39 Å². The number of ether oxygens (including phenoxy) is 1. The minimum atomic E-state index is -0.630. The zero-order valence-electron chi connectivity index (χ0n) is 15.0. The Morgan fingerprint density at radius 2 is 1.92 bits per heavy atom. The van der Waals surface area contributed by atoms with E-state index in [1.54, 1.807) is 19.2 Å². The largest absolute Gasteiger partial charge is 0.496 e. The highest BCUT2D eigenvalue weighted by atomic mass is 19.1. The molecule has 1 aliphatic rings. The molecule has 138 valence electrons. The standard InChI is InChI=1S/C21H24FNO3/c1-26-19-5-3-2-4-17(19)15-23-12-10-21(11-13-24,20(23)25)14-16-6-8-18(22)9-7-16/h2-9,24H,10-15H2,1H3. The molecule has 1 aliphatic heterocycles. The van der Waals surface area contributed by atoms with Crippen LogP contribution >= 0.6 is 0 Å². The molecule has 2 aromatic rings. The van der Waals surface area contributed by atoms with Gasteiger partial charge in [0.1, 0.15) is 11.6 Å². The summed E-state index contributed by atoms with van der Waals surface area (Å²) >= 11 is 0. The van der Waals surface area contributed by atoms with E-state index in [1.165, 1.54) is 12.1 Å². The van der Waals surface area contributed by atoms with Crippen LogP contribution in [0.25, 0.3) is 0 Å². The normalized spacial score (nSPS) is 19.8. The minimum Gasteiger partial charge on any atom is -0.496 e. The first kappa shape index (κ1) is 18.4. The summed E-state index contributed by atoms with van der Waals surface area (Å²) in [5.74, 6) is 0.515. The third-order valence-electron chi connectivity index (χ3n) is 5.20. The lowest BCUT2D eigenvalue weighted by Crippen LogP contribution is -2.36. The average molecular weight is 357 g/mol. The molecular formula is C21H24FNO3. The number of aliphatic hydroxyl groups excluding tert-OH is 1. The Morgan fingerprint density at radius 1 is 1.19 bits per heavy atom. The molecule has 0 aromatic heterocycles. The first-order valence-electron chi connectivity index (χ1n) is 8.84. The summed E-state index contributed by atoms with van der Waals surface area (Å²) in [4.78, 5) is 15.0. The maximum Gasteiger partial charge on any atom is 0.229 e.